The zero-order chi connectivity index (χ0) is 35.0. The van der Waals surface area contributed by atoms with Crippen LogP contribution in [0.4, 0.5) is 5.13 Å². The van der Waals surface area contributed by atoms with Gasteiger partial charge in [-0.15, -0.1) is 0 Å². The number of halogens is 2. The van der Waals surface area contributed by atoms with Crippen molar-refractivity contribution in [3.8, 4) is 5.75 Å². The van der Waals surface area contributed by atoms with Gasteiger partial charge in [0.05, 0.1) is 10.2 Å². The number of fused-ring (bicyclic) bond motifs is 1. The Bertz CT molecular complexity index is 1680. The molecule has 0 amide bonds. The van der Waals surface area contributed by atoms with Gasteiger partial charge in [0.1, 0.15) is 0 Å². The Hall–Kier alpha value is -2.57. The number of alkyl halides is 2. The summed E-state index contributed by atoms with van der Waals surface area (Å²) in [7, 11) is 0. The Kier molecular flexibility index (Phi) is 16.3. The molecule has 0 radical (unpaired) electrons. The molecule has 5 nitrogen and oxygen atoms in total. The van der Waals surface area contributed by atoms with Crippen molar-refractivity contribution in [2.75, 3.05) is 20.7 Å². The number of nitrogens with zero attached hydrogens (tertiary/aromatic N) is 1. The molecular weight excluding hydrogens is 864 g/mol. The molecule has 0 bridgehead atoms. The number of carbonyl (C=O) groups is 1. The Morgan fingerprint density at radius 2 is 1.80 bits per heavy atom. The van der Waals surface area contributed by atoms with Gasteiger partial charge in [-0.25, -0.2) is 4.98 Å². The number of benzene rings is 3. The SMILES string of the molecule is C=CC(=O)[I-]CCCCCC[I-]c1ccc(C(=N)Oc2ccc(C3CCC(CCC)CC3)cc2/C=C\CCNc2nc3ccccc3s2)cc1. The summed E-state index contributed by atoms with van der Waals surface area (Å²) in [6, 6.07) is 23.3. The van der Waals surface area contributed by atoms with E-state index in [-0.39, 0.29) is 52.1 Å². The van der Waals surface area contributed by atoms with E-state index >= 15 is 0 Å². The maximum absolute atomic E-state index is 11.4. The molecular formula is C42H51I2N3O2S-2. The Labute approximate surface area is 323 Å². The maximum atomic E-state index is 11.4. The summed E-state index contributed by atoms with van der Waals surface area (Å²) in [5.41, 5.74) is 4.28. The third kappa shape index (κ3) is 12.3. The zero-order valence-electron chi connectivity index (χ0n) is 29.3. The quantitative estimate of drug-likeness (QED) is 0.0252. The Morgan fingerprint density at radius 1 is 1.02 bits per heavy atom. The van der Waals surface area contributed by atoms with Crippen molar-refractivity contribution in [3.05, 3.63) is 106 Å². The second-order valence-corrected chi connectivity index (χ2v) is 19.9. The minimum absolute atomic E-state index is 0.0369. The summed E-state index contributed by atoms with van der Waals surface area (Å²) in [4.78, 5) is 16.1. The normalized spacial score (nSPS) is 16.3. The van der Waals surface area contributed by atoms with Gasteiger partial charge in [0.25, 0.3) is 0 Å². The number of thiazole rings is 1. The topological polar surface area (TPSA) is 75.1 Å². The van der Waals surface area contributed by atoms with Crippen LogP contribution < -0.4 is 52.5 Å². The summed E-state index contributed by atoms with van der Waals surface area (Å²) in [5, 5.41) is 13.3. The number of hydrogen-bond donors (Lipinski definition) is 2. The average Bonchev–Trinajstić information content (AvgIpc) is 3.56. The number of rotatable bonds is 20. The van der Waals surface area contributed by atoms with Gasteiger partial charge in [-0.1, -0.05) is 43.2 Å². The van der Waals surface area contributed by atoms with Gasteiger partial charge in [0, 0.05) is 0 Å². The summed E-state index contributed by atoms with van der Waals surface area (Å²) in [6.07, 6.45) is 19.4. The van der Waals surface area contributed by atoms with Crippen LogP contribution in [0.1, 0.15) is 100 Å². The second kappa shape index (κ2) is 21.1. The van der Waals surface area contributed by atoms with Crippen LogP contribution in [0.15, 0.2) is 85.5 Å². The molecule has 0 unspecified atom stereocenters. The molecule has 0 spiro atoms. The number of unbranched alkanes of at least 4 members (excludes halogenated alkanes) is 3. The van der Waals surface area contributed by atoms with Crippen LogP contribution in [0.3, 0.4) is 0 Å². The fraction of sp³-hybridized carbons (Fsp3) is 0.405. The first-order valence-corrected chi connectivity index (χ1v) is 24.2. The number of hydrogen-bond acceptors (Lipinski definition) is 6. The first kappa shape index (κ1) is 38.7. The van der Waals surface area contributed by atoms with Gasteiger partial charge in [-0.2, -0.15) is 0 Å². The fourth-order valence-electron chi connectivity index (χ4n) is 6.45. The van der Waals surface area contributed by atoms with E-state index in [1.54, 1.807) is 11.3 Å². The molecule has 1 aliphatic rings. The summed E-state index contributed by atoms with van der Waals surface area (Å²) < 4.78 is 11.5. The molecule has 0 atom stereocenters. The van der Waals surface area contributed by atoms with Crippen molar-refractivity contribution in [1.82, 2.24) is 4.98 Å². The van der Waals surface area contributed by atoms with Gasteiger partial charge in [0.2, 0.25) is 0 Å². The van der Waals surface area contributed by atoms with Crippen LogP contribution in [0.5, 0.6) is 5.75 Å². The third-order valence-corrected chi connectivity index (χ3v) is 15.6. The number of para-hydroxylation sites is 1. The van der Waals surface area contributed by atoms with Gasteiger partial charge < -0.3 is 5.32 Å². The first-order valence-electron chi connectivity index (χ1n) is 18.1. The molecule has 1 fully saturated rings. The van der Waals surface area contributed by atoms with Crippen LogP contribution in [0.2, 0.25) is 0 Å². The van der Waals surface area contributed by atoms with E-state index < -0.39 is 0 Å². The van der Waals surface area contributed by atoms with Crippen LogP contribution in [-0.4, -0.2) is 30.1 Å². The summed E-state index contributed by atoms with van der Waals surface area (Å²) >= 11 is 1.32. The number of allylic oxidation sites excluding steroid dienone is 1. The molecule has 1 heterocycles. The first-order chi connectivity index (χ1) is 24.5. The number of anilines is 1. The van der Waals surface area contributed by atoms with E-state index in [1.807, 2.05) is 18.2 Å². The molecule has 1 aliphatic carbocycles. The van der Waals surface area contributed by atoms with E-state index in [9.17, 15) is 4.79 Å². The molecule has 50 heavy (non-hydrogen) atoms. The van der Waals surface area contributed by atoms with E-state index in [1.165, 1.54) is 88.5 Å². The van der Waals surface area contributed by atoms with Crippen molar-refractivity contribution in [3.63, 3.8) is 0 Å². The number of carbonyl (C=O) groups excluding carboxylic acids is 1. The van der Waals surface area contributed by atoms with E-state index in [0.29, 0.717) is 5.92 Å². The van der Waals surface area contributed by atoms with Gasteiger partial charge in [-0.05, 0) is 30.9 Å². The van der Waals surface area contributed by atoms with Gasteiger partial charge >= 0.3 is 227 Å². The monoisotopic (exact) mass is 915 g/mol. The van der Waals surface area contributed by atoms with E-state index in [2.05, 4.69) is 79.5 Å². The Morgan fingerprint density at radius 3 is 2.56 bits per heavy atom. The zero-order valence-corrected chi connectivity index (χ0v) is 34.4. The number of ether oxygens (including phenoxy) is 1. The van der Waals surface area contributed by atoms with Crippen LogP contribution >= 0.6 is 11.3 Å². The molecule has 1 saturated carbocycles. The molecule has 3 aromatic carbocycles. The van der Waals surface area contributed by atoms with Crippen molar-refractivity contribution in [2.45, 2.75) is 83.5 Å². The number of aromatic nitrogens is 1. The van der Waals surface area contributed by atoms with Crippen LogP contribution in [-0.2, 0) is 4.79 Å². The molecule has 2 N–H and O–H groups in total. The standard InChI is InChI=1S/C42H51I2N3O2S/c1-3-13-31-17-19-32(20-18-31)34-23-26-38(35(30-34)14-9-12-29-46-42-47-37-15-7-8-16-39(37)50-42)49-41(45)33-21-24-36(25-22-33)43-27-10-5-6-11-28-44-40(48)4-2/h4,7-9,14-16,21-26,30-32,45H,2-3,5-6,10-13,17-20,27-29H2,1H3,(H,46,47)/q-2/b14-9-,45-41?. The molecule has 5 rings (SSSR count). The molecule has 4 aromatic rings. The predicted octanol–water partition coefficient (Wildman–Crippen LogP) is 4.91. The van der Waals surface area contributed by atoms with E-state index in [4.69, 9.17) is 15.1 Å². The van der Waals surface area contributed by atoms with Crippen LogP contribution in [0, 0.1) is 14.9 Å². The van der Waals surface area contributed by atoms with Gasteiger partial charge in [-0.3, -0.25) is 0 Å². The van der Waals surface area contributed by atoms with Crippen molar-refractivity contribution >= 4 is 42.4 Å². The Balaban J connectivity index is 1.15. The van der Waals surface area contributed by atoms with Crippen molar-refractivity contribution in [1.29, 1.82) is 5.41 Å². The molecule has 8 heteroatoms. The molecule has 1 aromatic heterocycles. The van der Waals surface area contributed by atoms with Gasteiger partial charge in [0.15, 0.2) is 5.13 Å². The summed E-state index contributed by atoms with van der Waals surface area (Å²) in [6.45, 7) is 6.68. The summed E-state index contributed by atoms with van der Waals surface area (Å²) in [5.74, 6) is 2.40. The minimum atomic E-state index is -0.336. The molecule has 268 valence electrons. The van der Waals surface area contributed by atoms with E-state index in [0.717, 1.165) is 50.8 Å². The fourth-order valence-corrected chi connectivity index (χ4v) is 11.5. The molecule has 0 aliphatic heterocycles. The van der Waals surface area contributed by atoms with Crippen LogP contribution in [0.25, 0.3) is 16.3 Å². The average molecular weight is 916 g/mol. The number of nitrogens with one attached hydrogen (secondary N) is 2. The van der Waals surface area contributed by atoms with Crippen molar-refractivity contribution in [2.24, 2.45) is 5.92 Å². The third-order valence-electron chi connectivity index (χ3n) is 9.20. The molecule has 0 saturated heterocycles. The predicted molar refractivity (Wildman–Crippen MR) is 204 cm³/mol. The second-order valence-electron chi connectivity index (χ2n) is 12.9. The van der Waals surface area contributed by atoms with Crippen molar-refractivity contribution < 1.29 is 51.9 Å².